The first kappa shape index (κ1) is 15.3. The predicted molar refractivity (Wildman–Crippen MR) is 78.0 cm³/mol. The van der Waals surface area contributed by atoms with E-state index in [1.54, 1.807) is 13.0 Å². The highest BCUT2D eigenvalue weighted by molar-refractivity contribution is 6.51. The van der Waals surface area contributed by atoms with Gasteiger partial charge in [-0.2, -0.15) is 0 Å². The van der Waals surface area contributed by atoms with Crippen LogP contribution >= 0.6 is 23.2 Å². The summed E-state index contributed by atoms with van der Waals surface area (Å²) >= 11 is 12.5. The fourth-order valence-corrected chi connectivity index (χ4v) is 5.17. The van der Waals surface area contributed by atoms with Crippen molar-refractivity contribution in [2.24, 2.45) is 17.3 Å². The van der Waals surface area contributed by atoms with E-state index in [2.05, 4.69) is 0 Å². The number of hydrogen-bond donors (Lipinski definition) is 1. The molecule has 1 heterocycles. The zero-order valence-electron chi connectivity index (χ0n) is 12.2. The second kappa shape index (κ2) is 4.24. The SMILES string of the molecule is CC1C(=O)OC2C1CCC1(C)C=C(Cl)C(=O)C(C)(Cl)C21O. The van der Waals surface area contributed by atoms with Gasteiger partial charge in [-0.15, -0.1) is 11.6 Å². The molecule has 1 saturated carbocycles. The number of halogens is 2. The topological polar surface area (TPSA) is 63.6 Å². The molecule has 3 rings (SSSR count). The van der Waals surface area contributed by atoms with Crippen LogP contribution in [0, 0.1) is 17.3 Å². The first-order valence-electron chi connectivity index (χ1n) is 7.11. The van der Waals surface area contributed by atoms with Gasteiger partial charge in [0.2, 0.25) is 0 Å². The summed E-state index contributed by atoms with van der Waals surface area (Å²) in [6.07, 6.45) is 2.11. The molecule has 1 N–H and O–H groups in total. The van der Waals surface area contributed by atoms with Gasteiger partial charge < -0.3 is 9.84 Å². The molecule has 6 unspecified atom stereocenters. The number of rotatable bonds is 0. The summed E-state index contributed by atoms with van der Waals surface area (Å²) in [6.45, 7) is 5.07. The number of aliphatic hydroxyl groups is 1. The van der Waals surface area contributed by atoms with E-state index in [0.29, 0.717) is 6.42 Å². The Morgan fingerprint density at radius 1 is 1.38 bits per heavy atom. The lowest BCUT2D eigenvalue weighted by Gasteiger charge is -2.58. The van der Waals surface area contributed by atoms with Crippen LogP contribution in [-0.2, 0) is 14.3 Å². The number of fused-ring (bicyclic) bond motifs is 3. The minimum absolute atomic E-state index is 0.0375. The van der Waals surface area contributed by atoms with Crippen molar-refractivity contribution < 1.29 is 19.4 Å². The molecule has 6 atom stereocenters. The maximum absolute atomic E-state index is 12.4. The van der Waals surface area contributed by atoms with Crippen LogP contribution in [0.2, 0.25) is 0 Å². The van der Waals surface area contributed by atoms with E-state index in [1.807, 2.05) is 6.92 Å². The summed E-state index contributed by atoms with van der Waals surface area (Å²) < 4.78 is 5.44. The van der Waals surface area contributed by atoms with Crippen molar-refractivity contribution >= 4 is 35.0 Å². The van der Waals surface area contributed by atoms with Crippen molar-refractivity contribution in [1.29, 1.82) is 0 Å². The highest BCUT2D eigenvalue weighted by Crippen LogP contribution is 2.61. The minimum Gasteiger partial charge on any atom is -0.459 e. The predicted octanol–water partition coefficient (Wildman–Crippen LogP) is 2.40. The van der Waals surface area contributed by atoms with Crippen molar-refractivity contribution in [2.75, 3.05) is 0 Å². The van der Waals surface area contributed by atoms with Gasteiger partial charge in [0.15, 0.2) is 5.78 Å². The van der Waals surface area contributed by atoms with Crippen LogP contribution in [0.25, 0.3) is 0 Å². The van der Waals surface area contributed by atoms with Gasteiger partial charge in [-0.3, -0.25) is 9.59 Å². The smallest absolute Gasteiger partial charge is 0.309 e. The Balaban J connectivity index is 2.20. The lowest BCUT2D eigenvalue weighted by atomic mass is 9.52. The van der Waals surface area contributed by atoms with Crippen molar-refractivity contribution in [3.05, 3.63) is 11.1 Å². The third-order valence-electron chi connectivity index (χ3n) is 5.73. The number of ketones is 1. The average molecular weight is 333 g/mol. The molecule has 0 aromatic rings. The maximum Gasteiger partial charge on any atom is 0.309 e. The van der Waals surface area contributed by atoms with E-state index >= 15 is 0 Å². The number of carbonyl (C=O) groups is 2. The Kier molecular flexibility index (Phi) is 3.09. The Hall–Kier alpha value is -0.580. The van der Waals surface area contributed by atoms with Gasteiger partial charge in [-0.1, -0.05) is 31.5 Å². The van der Waals surface area contributed by atoms with Gasteiger partial charge >= 0.3 is 5.97 Å². The summed E-state index contributed by atoms with van der Waals surface area (Å²) in [5.74, 6) is -1.30. The molecule has 2 fully saturated rings. The molecule has 21 heavy (non-hydrogen) atoms. The van der Waals surface area contributed by atoms with Crippen LogP contribution < -0.4 is 0 Å². The Morgan fingerprint density at radius 3 is 2.62 bits per heavy atom. The van der Waals surface area contributed by atoms with Gasteiger partial charge in [0.1, 0.15) is 16.6 Å². The summed E-state index contributed by atoms with van der Waals surface area (Å²) in [5.41, 5.74) is -2.47. The van der Waals surface area contributed by atoms with Crippen LogP contribution in [0.4, 0.5) is 0 Å². The van der Waals surface area contributed by atoms with Gasteiger partial charge in [-0.25, -0.2) is 0 Å². The van der Waals surface area contributed by atoms with Gasteiger partial charge in [0.25, 0.3) is 0 Å². The Bertz CT molecular complexity index is 570. The zero-order valence-corrected chi connectivity index (χ0v) is 13.7. The molecule has 0 aromatic carbocycles. The highest BCUT2D eigenvalue weighted by Gasteiger charge is 2.73. The van der Waals surface area contributed by atoms with E-state index in [-0.39, 0.29) is 22.8 Å². The van der Waals surface area contributed by atoms with E-state index < -0.39 is 27.8 Å². The quantitative estimate of drug-likeness (QED) is 0.546. The summed E-state index contributed by atoms with van der Waals surface area (Å²) in [4.78, 5) is 22.7. The number of Topliss-reactive ketones (excluding diaryl/α,β-unsaturated/α-hetero) is 1. The van der Waals surface area contributed by atoms with E-state index in [9.17, 15) is 14.7 Å². The Morgan fingerprint density at radius 2 is 2.00 bits per heavy atom. The van der Waals surface area contributed by atoms with Crippen LogP contribution in [0.15, 0.2) is 11.1 Å². The second-order valence-corrected chi connectivity index (χ2v) is 8.02. The van der Waals surface area contributed by atoms with E-state index in [0.717, 1.165) is 6.42 Å². The molecule has 0 amide bonds. The molecule has 0 aromatic heterocycles. The van der Waals surface area contributed by atoms with Crippen molar-refractivity contribution in [1.82, 2.24) is 0 Å². The van der Waals surface area contributed by atoms with Crippen LogP contribution in [0.1, 0.15) is 33.6 Å². The van der Waals surface area contributed by atoms with Crippen LogP contribution in [0.3, 0.4) is 0 Å². The number of allylic oxidation sites excluding steroid dienone is 1. The van der Waals surface area contributed by atoms with Gasteiger partial charge in [-0.05, 0) is 19.8 Å². The highest BCUT2D eigenvalue weighted by atomic mass is 35.5. The molecule has 0 bridgehead atoms. The summed E-state index contributed by atoms with van der Waals surface area (Å²) in [6, 6.07) is 0. The maximum atomic E-state index is 12.4. The van der Waals surface area contributed by atoms with Crippen LogP contribution in [-0.4, -0.2) is 33.4 Å². The molecule has 4 nitrogen and oxygen atoms in total. The van der Waals surface area contributed by atoms with E-state index in [4.69, 9.17) is 27.9 Å². The molecule has 1 aliphatic heterocycles. The first-order chi connectivity index (χ1) is 9.56. The summed E-state index contributed by atoms with van der Waals surface area (Å²) in [7, 11) is 0. The average Bonchev–Trinajstić information content (AvgIpc) is 2.69. The number of ether oxygens (including phenoxy) is 1. The molecule has 3 aliphatic rings. The molecule has 6 heteroatoms. The monoisotopic (exact) mass is 332 g/mol. The number of hydrogen-bond acceptors (Lipinski definition) is 4. The largest absolute Gasteiger partial charge is 0.459 e. The number of esters is 1. The molecular weight excluding hydrogens is 315 g/mol. The molecule has 116 valence electrons. The molecule has 0 radical (unpaired) electrons. The molecule has 1 saturated heterocycles. The Labute approximate surface area is 133 Å². The third kappa shape index (κ3) is 1.61. The lowest BCUT2D eigenvalue weighted by molar-refractivity contribution is -0.201. The zero-order chi connectivity index (χ0) is 15.8. The second-order valence-electron chi connectivity index (χ2n) is 6.86. The standard InChI is InChI=1S/C15H18Cl2O4/c1-7-8-4-5-13(2)6-9(16)10(18)14(3,17)15(13,20)11(8)21-12(7)19/h6-8,11,20H,4-5H2,1-3H3. The summed E-state index contributed by atoms with van der Waals surface area (Å²) in [5, 5.41) is 11.5. The minimum atomic E-state index is -1.67. The molecule has 2 aliphatic carbocycles. The number of carbonyl (C=O) groups excluding carboxylic acids is 2. The fourth-order valence-electron chi connectivity index (χ4n) is 4.26. The molecule has 0 spiro atoms. The lowest BCUT2D eigenvalue weighted by Crippen LogP contribution is -2.73. The number of alkyl halides is 1. The van der Waals surface area contributed by atoms with Crippen LogP contribution in [0.5, 0.6) is 0 Å². The fraction of sp³-hybridized carbons (Fsp3) is 0.733. The van der Waals surface area contributed by atoms with Gasteiger partial charge in [0.05, 0.1) is 11.0 Å². The molecular formula is C15H18Cl2O4. The van der Waals surface area contributed by atoms with Gasteiger partial charge in [0, 0.05) is 11.3 Å². The normalized spacial score (nSPS) is 52.9. The van der Waals surface area contributed by atoms with E-state index in [1.165, 1.54) is 6.92 Å². The first-order valence-corrected chi connectivity index (χ1v) is 7.87. The van der Waals surface area contributed by atoms with Crippen molar-refractivity contribution in [2.45, 2.75) is 50.2 Å². The third-order valence-corrected chi connectivity index (χ3v) is 6.47. The van der Waals surface area contributed by atoms with Crippen molar-refractivity contribution in [3.8, 4) is 0 Å². The van der Waals surface area contributed by atoms with Crippen molar-refractivity contribution in [3.63, 3.8) is 0 Å².